The fourth-order valence-corrected chi connectivity index (χ4v) is 3.06. The van der Waals surface area contributed by atoms with E-state index in [0.717, 1.165) is 16.4 Å². The van der Waals surface area contributed by atoms with Crippen molar-refractivity contribution in [1.29, 1.82) is 0 Å². The standard InChI is InChI=1S/C13H13ClFNO3S/c1-9-3-5-11(19-9)8-16(2)20(17,18)13-6-4-10(14)7-12(13)15/h3-7H,8H2,1-2H3. The maximum absolute atomic E-state index is 13.7. The number of furan rings is 1. The molecule has 0 N–H and O–H groups in total. The summed E-state index contributed by atoms with van der Waals surface area (Å²) in [6.45, 7) is 1.79. The summed E-state index contributed by atoms with van der Waals surface area (Å²) in [4.78, 5) is -0.410. The summed E-state index contributed by atoms with van der Waals surface area (Å²) in [5, 5.41) is 0.144. The first-order chi connectivity index (χ1) is 9.30. The zero-order chi connectivity index (χ0) is 14.9. The Hall–Kier alpha value is -1.37. The molecule has 0 saturated heterocycles. The lowest BCUT2D eigenvalue weighted by Crippen LogP contribution is -2.27. The molecular weight excluding hydrogens is 305 g/mol. The van der Waals surface area contributed by atoms with Crippen molar-refractivity contribution >= 4 is 21.6 Å². The summed E-state index contributed by atoms with van der Waals surface area (Å²) in [7, 11) is -2.57. The highest BCUT2D eigenvalue weighted by molar-refractivity contribution is 7.89. The average Bonchev–Trinajstić information content (AvgIpc) is 2.74. The molecule has 0 aliphatic heterocycles. The molecule has 0 spiro atoms. The molecule has 4 nitrogen and oxygen atoms in total. The van der Waals surface area contributed by atoms with Crippen LogP contribution in [0.25, 0.3) is 0 Å². The number of rotatable bonds is 4. The van der Waals surface area contributed by atoms with Gasteiger partial charge in [0.05, 0.1) is 6.54 Å². The molecule has 0 aliphatic carbocycles. The van der Waals surface area contributed by atoms with Gasteiger partial charge in [-0.3, -0.25) is 0 Å². The minimum atomic E-state index is -3.94. The molecule has 0 amide bonds. The van der Waals surface area contributed by atoms with Crippen molar-refractivity contribution < 1.29 is 17.2 Å². The topological polar surface area (TPSA) is 50.5 Å². The first-order valence-electron chi connectivity index (χ1n) is 5.77. The predicted molar refractivity (Wildman–Crippen MR) is 73.5 cm³/mol. The lowest BCUT2D eigenvalue weighted by Gasteiger charge is -2.16. The van der Waals surface area contributed by atoms with Gasteiger partial charge in [-0.2, -0.15) is 4.31 Å². The normalized spacial score (nSPS) is 12.1. The molecule has 0 aliphatic rings. The SMILES string of the molecule is Cc1ccc(CN(C)S(=O)(=O)c2ccc(Cl)cc2F)o1. The lowest BCUT2D eigenvalue weighted by molar-refractivity contribution is 0.395. The highest BCUT2D eigenvalue weighted by atomic mass is 35.5. The molecule has 0 unspecified atom stereocenters. The van der Waals surface area contributed by atoms with Crippen LogP contribution >= 0.6 is 11.6 Å². The molecule has 0 bridgehead atoms. The fourth-order valence-electron chi connectivity index (χ4n) is 1.73. The molecule has 2 aromatic rings. The van der Waals surface area contributed by atoms with Crippen molar-refractivity contribution in [2.24, 2.45) is 0 Å². The van der Waals surface area contributed by atoms with Crippen molar-refractivity contribution in [3.63, 3.8) is 0 Å². The third-order valence-corrected chi connectivity index (χ3v) is 4.83. The Morgan fingerprint density at radius 1 is 1.30 bits per heavy atom. The summed E-state index contributed by atoms with van der Waals surface area (Å²) in [6.07, 6.45) is 0. The number of sulfonamides is 1. The number of hydrogen-bond acceptors (Lipinski definition) is 3. The van der Waals surface area contributed by atoms with Crippen LogP contribution < -0.4 is 0 Å². The van der Waals surface area contributed by atoms with E-state index in [9.17, 15) is 12.8 Å². The lowest BCUT2D eigenvalue weighted by atomic mass is 10.3. The third kappa shape index (κ3) is 3.03. The van der Waals surface area contributed by atoms with Gasteiger partial charge in [-0.15, -0.1) is 0 Å². The quantitative estimate of drug-likeness (QED) is 0.870. The smallest absolute Gasteiger partial charge is 0.246 e. The van der Waals surface area contributed by atoms with Crippen molar-refractivity contribution in [2.45, 2.75) is 18.4 Å². The maximum Gasteiger partial charge on any atom is 0.246 e. The number of hydrogen-bond donors (Lipinski definition) is 0. The second-order valence-corrected chi connectivity index (χ2v) is 6.80. The molecule has 1 heterocycles. The van der Waals surface area contributed by atoms with Gasteiger partial charge in [-0.1, -0.05) is 11.6 Å². The van der Waals surface area contributed by atoms with Gasteiger partial charge < -0.3 is 4.42 Å². The van der Waals surface area contributed by atoms with Crippen molar-refractivity contribution in [3.8, 4) is 0 Å². The molecule has 0 fully saturated rings. The molecule has 1 aromatic heterocycles. The Balaban J connectivity index is 2.29. The van der Waals surface area contributed by atoms with Crippen LogP contribution in [0, 0.1) is 12.7 Å². The Morgan fingerprint density at radius 2 is 2.00 bits per heavy atom. The minimum Gasteiger partial charge on any atom is -0.465 e. The van der Waals surface area contributed by atoms with E-state index < -0.39 is 20.7 Å². The van der Waals surface area contributed by atoms with Gasteiger partial charge in [0.1, 0.15) is 22.2 Å². The second kappa shape index (κ2) is 5.55. The monoisotopic (exact) mass is 317 g/mol. The van der Waals surface area contributed by atoms with Gasteiger partial charge >= 0.3 is 0 Å². The summed E-state index contributed by atoms with van der Waals surface area (Å²) in [5.74, 6) is 0.298. The first-order valence-corrected chi connectivity index (χ1v) is 7.59. The fraction of sp³-hybridized carbons (Fsp3) is 0.231. The number of benzene rings is 1. The molecule has 7 heteroatoms. The van der Waals surface area contributed by atoms with Crippen LogP contribution in [0.3, 0.4) is 0 Å². The molecule has 20 heavy (non-hydrogen) atoms. The van der Waals surface area contributed by atoms with Gasteiger partial charge in [0, 0.05) is 12.1 Å². The van der Waals surface area contributed by atoms with Crippen LogP contribution in [0.15, 0.2) is 39.6 Å². The molecular formula is C13H13ClFNO3S. The van der Waals surface area contributed by atoms with E-state index in [4.69, 9.17) is 16.0 Å². The average molecular weight is 318 g/mol. The summed E-state index contributed by atoms with van der Waals surface area (Å²) in [6, 6.07) is 6.87. The van der Waals surface area contributed by atoms with Crippen molar-refractivity contribution in [1.82, 2.24) is 4.31 Å². The largest absolute Gasteiger partial charge is 0.465 e. The van der Waals surface area contributed by atoms with Gasteiger partial charge in [0.25, 0.3) is 0 Å². The van der Waals surface area contributed by atoms with Crippen LogP contribution in [0.4, 0.5) is 4.39 Å². The van der Waals surface area contributed by atoms with Crippen LogP contribution in [-0.4, -0.2) is 19.8 Å². The predicted octanol–water partition coefficient (Wildman–Crippen LogP) is 3.20. The van der Waals surface area contributed by atoms with Crippen LogP contribution in [0.2, 0.25) is 5.02 Å². The van der Waals surface area contributed by atoms with Gasteiger partial charge in [-0.25, -0.2) is 12.8 Å². The molecule has 1 aromatic carbocycles. The van der Waals surface area contributed by atoms with E-state index in [-0.39, 0.29) is 11.6 Å². The van der Waals surface area contributed by atoms with E-state index >= 15 is 0 Å². The van der Waals surface area contributed by atoms with Gasteiger partial charge in [0.15, 0.2) is 0 Å². The number of aryl methyl sites for hydroxylation is 1. The Labute approximate surface area is 121 Å². The zero-order valence-electron chi connectivity index (χ0n) is 10.9. The molecule has 108 valence electrons. The number of nitrogens with zero attached hydrogens (tertiary/aromatic N) is 1. The first kappa shape index (κ1) is 15.0. The Bertz CT molecular complexity index is 727. The maximum atomic E-state index is 13.7. The van der Waals surface area contributed by atoms with Crippen molar-refractivity contribution in [3.05, 3.63) is 52.7 Å². The molecule has 0 radical (unpaired) electrons. The van der Waals surface area contributed by atoms with Crippen molar-refractivity contribution in [2.75, 3.05) is 7.05 Å². The van der Waals surface area contributed by atoms with Crippen LogP contribution in [-0.2, 0) is 16.6 Å². The summed E-state index contributed by atoms with van der Waals surface area (Å²) in [5.41, 5.74) is 0. The third-order valence-electron chi connectivity index (χ3n) is 2.76. The molecule has 0 atom stereocenters. The molecule has 0 saturated carbocycles. The Morgan fingerprint density at radius 3 is 2.55 bits per heavy atom. The Kier molecular flexibility index (Phi) is 4.17. The van der Waals surface area contributed by atoms with Crippen LogP contribution in [0.5, 0.6) is 0 Å². The van der Waals surface area contributed by atoms with E-state index in [1.807, 2.05) is 0 Å². The van der Waals surface area contributed by atoms with E-state index in [1.165, 1.54) is 13.1 Å². The number of halogens is 2. The summed E-state index contributed by atoms with van der Waals surface area (Å²) < 4.78 is 44.6. The second-order valence-electron chi connectivity index (χ2n) is 4.35. The van der Waals surface area contributed by atoms with E-state index in [0.29, 0.717) is 11.5 Å². The van der Waals surface area contributed by atoms with E-state index in [2.05, 4.69) is 0 Å². The zero-order valence-corrected chi connectivity index (χ0v) is 12.5. The highest BCUT2D eigenvalue weighted by Crippen LogP contribution is 2.23. The van der Waals surface area contributed by atoms with Gasteiger partial charge in [0.2, 0.25) is 10.0 Å². The highest BCUT2D eigenvalue weighted by Gasteiger charge is 2.25. The molecule has 2 rings (SSSR count). The minimum absolute atomic E-state index is 0.0260. The van der Waals surface area contributed by atoms with E-state index in [1.54, 1.807) is 19.1 Å². The van der Waals surface area contributed by atoms with Crippen LogP contribution in [0.1, 0.15) is 11.5 Å². The summed E-state index contributed by atoms with van der Waals surface area (Å²) >= 11 is 5.62. The van der Waals surface area contributed by atoms with Gasteiger partial charge in [-0.05, 0) is 37.3 Å².